The lowest BCUT2D eigenvalue weighted by Crippen LogP contribution is -2.26. The second-order valence-electron chi connectivity index (χ2n) is 3.85. The van der Waals surface area contributed by atoms with Crippen molar-refractivity contribution >= 4 is 11.9 Å². The monoisotopic (exact) mass is 250 g/mol. The Morgan fingerprint density at radius 3 is 2.83 bits per heavy atom. The number of nitrogen functional groups attached to an aromatic ring is 1. The molecule has 18 heavy (non-hydrogen) atoms. The molecule has 0 bridgehead atoms. The summed E-state index contributed by atoms with van der Waals surface area (Å²) in [5.74, 6) is 1.13. The number of hydrogen-bond donors (Lipinski definition) is 3. The third-order valence-corrected chi connectivity index (χ3v) is 2.46. The van der Waals surface area contributed by atoms with Crippen molar-refractivity contribution in [3.05, 3.63) is 22.8 Å². The Balaban J connectivity index is 1.89. The van der Waals surface area contributed by atoms with Crippen LogP contribution in [0.5, 0.6) is 0 Å². The van der Waals surface area contributed by atoms with E-state index in [1.807, 2.05) is 0 Å². The number of nitrogens with two attached hydrogens (primary N) is 1. The van der Waals surface area contributed by atoms with E-state index in [1.165, 1.54) is 0 Å². The van der Waals surface area contributed by atoms with Crippen LogP contribution in [0.15, 0.2) is 4.52 Å². The number of rotatable bonds is 4. The summed E-state index contributed by atoms with van der Waals surface area (Å²) in [4.78, 5) is 15.8. The van der Waals surface area contributed by atoms with Crippen molar-refractivity contribution in [3.8, 4) is 0 Å². The number of nitrogens with zero attached hydrogens (tertiary/aromatic N) is 3. The topological polar surface area (TPSA) is 123 Å². The van der Waals surface area contributed by atoms with E-state index < -0.39 is 0 Å². The summed E-state index contributed by atoms with van der Waals surface area (Å²) in [5, 5.41) is 12.8. The molecule has 0 spiro atoms. The van der Waals surface area contributed by atoms with E-state index in [9.17, 15) is 4.79 Å². The molecule has 0 fully saturated rings. The SMILES string of the molecule is Cc1noc(C)c1C(=O)NCCc1nc(N)n[nH]1. The number of hydrogen-bond acceptors (Lipinski definition) is 6. The second-order valence-corrected chi connectivity index (χ2v) is 3.85. The van der Waals surface area contributed by atoms with Gasteiger partial charge in [0.2, 0.25) is 5.95 Å². The first-order chi connectivity index (χ1) is 8.58. The van der Waals surface area contributed by atoms with Crippen molar-refractivity contribution in [3.63, 3.8) is 0 Å². The van der Waals surface area contributed by atoms with Gasteiger partial charge in [0, 0.05) is 13.0 Å². The van der Waals surface area contributed by atoms with Crippen LogP contribution in [0.4, 0.5) is 5.95 Å². The summed E-state index contributed by atoms with van der Waals surface area (Å²) in [5.41, 5.74) is 6.42. The molecule has 4 N–H and O–H groups in total. The van der Waals surface area contributed by atoms with Gasteiger partial charge in [0.25, 0.3) is 5.91 Å². The highest BCUT2D eigenvalue weighted by Crippen LogP contribution is 2.11. The molecule has 0 aliphatic heterocycles. The van der Waals surface area contributed by atoms with Gasteiger partial charge in [0.05, 0.1) is 5.69 Å². The van der Waals surface area contributed by atoms with E-state index in [-0.39, 0.29) is 11.9 Å². The van der Waals surface area contributed by atoms with E-state index in [0.717, 1.165) is 0 Å². The van der Waals surface area contributed by atoms with Crippen LogP contribution in [0.2, 0.25) is 0 Å². The molecule has 96 valence electrons. The fourth-order valence-electron chi connectivity index (χ4n) is 1.61. The molecule has 0 aliphatic rings. The van der Waals surface area contributed by atoms with Gasteiger partial charge in [-0.3, -0.25) is 9.89 Å². The Kier molecular flexibility index (Phi) is 3.26. The Labute approximate surface area is 103 Å². The molecule has 0 radical (unpaired) electrons. The van der Waals surface area contributed by atoms with Crippen molar-refractivity contribution < 1.29 is 9.32 Å². The van der Waals surface area contributed by atoms with Gasteiger partial charge >= 0.3 is 0 Å². The third kappa shape index (κ3) is 2.47. The molecule has 2 aromatic rings. The van der Waals surface area contributed by atoms with Gasteiger partial charge in [-0.15, -0.1) is 5.10 Å². The summed E-state index contributed by atoms with van der Waals surface area (Å²) in [7, 11) is 0. The predicted octanol–water partition coefficient (Wildman–Crippen LogP) is -0.0358. The number of carbonyl (C=O) groups excluding carboxylic acids is 1. The molecule has 2 rings (SSSR count). The molecule has 8 heteroatoms. The Morgan fingerprint density at radius 2 is 2.28 bits per heavy atom. The van der Waals surface area contributed by atoms with Crippen LogP contribution in [0.1, 0.15) is 27.6 Å². The van der Waals surface area contributed by atoms with Crippen molar-refractivity contribution in [2.75, 3.05) is 12.3 Å². The van der Waals surface area contributed by atoms with E-state index in [0.29, 0.717) is 35.8 Å². The van der Waals surface area contributed by atoms with E-state index in [4.69, 9.17) is 10.3 Å². The molecule has 0 atom stereocenters. The average Bonchev–Trinajstić information content (AvgIpc) is 2.86. The molecule has 8 nitrogen and oxygen atoms in total. The van der Waals surface area contributed by atoms with Gasteiger partial charge in [-0.1, -0.05) is 5.16 Å². The normalized spacial score (nSPS) is 10.6. The zero-order chi connectivity index (χ0) is 13.1. The molecule has 2 aromatic heterocycles. The largest absolute Gasteiger partial charge is 0.367 e. The fourth-order valence-corrected chi connectivity index (χ4v) is 1.61. The van der Waals surface area contributed by atoms with E-state index in [1.54, 1.807) is 13.8 Å². The summed E-state index contributed by atoms with van der Waals surface area (Å²) in [6.07, 6.45) is 0.527. The number of amides is 1. The minimum Gasteiger partial charge on any atom is -0.367 e. The van der Waals surface area contributed by atoms with E-state index >= 15 is 0 Å². The highest BCUT2D eigenvalue weighted by atomic mass is 16.5. The van der Waals surface area contributed by atoms with Crippen LogP contribution >= 0.6 is 0 Å². The van der Waals surface area contributed by atoms with Crippen LogP contribution in [-0.4, -0.2) is 32.8 Å². The Morgan fingerprint density at radius 1 is 1.50 bits per heavy atom. The quantitative estimate of drug-likeness (QED) is 0.699. The number of nitrogens with one attached hydrogen (secondary N) is 2. The fraction of sp³-hybridized carbons (Fsp3) is 0.400. The van der Waals surface area contributed by atoms with Crippen LogP contribution in [0.3, 0.4) is 0 Å². The zero-order valence-corrected chi connectivity index (χ0v) is 10.1. The van der Waals surface area contributed by atoms with Crippen LogP contribution < -0.4 is 11.1 Å². The number of anilines is 1. The Hall–Kier alpha value is -2.38. The molecular weight excluding hydrogens is 236 g/mol. The Bertz CT molecular complexity index is 539. The van der Waals surface area contributed by atoms with Crippen molar-refractivity contribution in [1.29, 1.82) is 0 Å². The molecule has 2 heterocycles. The average molecular weight is 250 g/mol. The minimum atomic E-state index is -0.210. The van der Waals surface area contributed by atoms with Gasteiger partial charge < -0.3 is 15.6 Å². The van der Waals surface area contributed by atoms with Crippen molar-refractivity contribution in [2.24, 2.45) is 0 Å². The minimum absolute atomic E-state index is 0.196. The molecule has 0 aliphatic carbocycles. The molecule has 0 aromatic carbocycles. The standard InChI is InChI=1S/C10H14N6O2/c1-5-8(6(2)18-16-5)9(17)12-4-3-7-13-10(11)15-14-7/h3-4H2,1-2H3,(H,12,17)(H3,11,13,14,15). The maximum absolute atomic E-state index is 11.9. The zero-order valence-electron chi connectivity index (χ0n) is 10.1. The van der Waals surface area contributed by atoms with Gasteiger partial charge in [-0.2, -0.15) is 4.98 Å². The van der Waals surface area contributed by atoms with Gasteiger partial charge in [-0.05, 0) is 13.8 Å². The van der Waals surface area contributed by atoms with Crippen LogP contribution in [-0.2, 0) is 6.42 Å². The maximum Gasteiger partial charge on any atom is 0.256 e. The predicted molar refractivity (Wildman–Crippen MR) is 62.8 cm³/mol. The van der Waals surface area contributed by atoms with Gasteiger partial charge in [0.1, 0.15) is 17.1 Å². The highest BCUT2D eigenvalue weighted by Gasteiger charge is 2.16. The lowest BCUT2D eigenvalue weighted by atomic mass is 10.2. The highest BCUT2D eigenvalue weighted by molar-refractivity contribution is 5.96. The summed E-state index contributed by atoms with van der Waals surface area (Å²) >= 11 is 0. The van der Waals surface area contributed by atoms with Crippen LogP contribution in [0, 0.1) is 13.8 Å². The molecule has 0 saturated carbocycles. The first-order valence-corrected chi connectivity index (χ1v) is 5.45. The number of aromatic nitrogens is 4. The maximum atomic E-state index is 11.9. The van der Waals surface area contributed by atoms with Crippen molar-refractivity contribution in [2.45, 2.75) is 20.3 Å². The molecular formula is C10H14N6O2. The number of H-pyrrole nitrogens is 1. The van der Waals surface area contributed by atoms with Gasteiger partial charge in [-0.25, -0.2) is 0 Å². The molecule has 0 saturated heterocycles. The second kappa shape index (κ2) is 4.86. The van der Waals surface area contributed by atoms with Crippen LogP contribution in [0.25, 0.3) is 0 Å². The number of carbonyl (C=O) groups is 1. The van der Waals surface area contributed by atoms with E-state index in [2.05, 4.69) is 25.7 Å². The molecule has 1 amide bonds. The lowest BCUT2D eigenvalue weighted by Gasteiger charge is -2.02. The molecule has 0 unspecified atom stereocenters. The van der Waals surface area contributed by atoms with Crippen molar-refractivity contribution in [1.82, 2.24) is 25.7 Å². The van der Waals surface area contributed by atoms with Gasteiger partial charge in [0.15, 0.2) is 0 Å². The number of aromatic amines is 1. The number of aryl methyl sites for hydroxylation is 2. The third-order valence-electron chi connectivity index (χ3n) is 2.46. The first-order valence-electron chi connectivity index (χ1n) is 5.45. The summed E-state index contributed by atoms with van der Waals surface area (Å²) < 4.78 is 4.93. The smallest absolute Gasteiger partial charge is 0.256 e. The first kappa shape index (κ1) is 12.1. The lowest BCUT2D eigenvalue weighted by molar-refractivity contribution is 0.0952. The summed E-state index contributed by atoms with van der Waals surface area (Å²) in [6, 6.07) is 0. The summed E-state index contributed by atoms with van der Waals surface area (Å²) in [6.45, 7) is 3.85.